The number of aliphatic hydroxyl groups is 1. The van der Waals surface area contributed by atoms with Crippen molar-refractivity contribution in [2.75, 3.05) is 7.11 Å². The van der Waals surface area contributed by atoms with Gasteiger partial charge < -0.3 is 9.84 Å². The summed E-state index contributed by atoms with van der Waals surface area (Å²) >= 11 is 0. The molecule has 0 aromatic rings. The zero-order chi connectivity index (χ0) is 14.5. The van der Waals surface area contributed by atoms with Crippen LogP contribution in [0, 0.1) is 35.0 Å². The lowest BCUT2D eigenvalue weighted by Crippen LogP contribution is -2.46. The number of carbonyl (C=O) groups is 1. The first kappa shape index (κ1) is 15.0. The molecule has 6 atom stereocenters. The van der Waals surface area contributed by atoms with Crippen LogP contribution in [-0.2, 0) is 9.53 Å². The van der Waals surface area contributed by atoms with Crippen molar-refractivity contribution in [3.8, 4) is 0 Å². The molecular formula is C16H28O3. The van der Waals surface area contributed by atoms with Crippen LogP contribution in [0.3, 0.4) is 0 Å². The monoisotopic (exact) mass is 268 g/mol. The molecule has 110 valence electrons. The first-order valence-corrected chi connectivity index (χ1v) is 7.48. The molecule has 2 saturated carbocycles. The Morgan fingerprint density at radius 1 is 1.37 bits per heavy atom. The molecule has 3 nitrogen and oxygen atoms in total. The number of methoxy groups -OCH3 is 1. The van der Waals surface area contributed by atoms with Gasteiger partial charge in [0, 0.05) is 18.4 Å². The molecule has 0 radical (unpaired) electrons. The molecule has 2 aliphatic carbocycles. The summed E-state index contributed by atoms with van der Waals surface area (Å²) in [6, 6.07) is 0. The molecule has 0 spiro atoms. The summed E-state index contributed by atoms with van der Waals surface area (Å²) in [6.45, 7) is 10.3. The third-order valence-electron chi connectivity index (χ3n) is 5.77. The Morgan fingerprint density at radius 2 is 1.95 bits per heavy atom. The van der Waals surface area contributed by atoms with Gasteiger partial charge in [-0.15, -0.1) is 0 Å². The maximum atomic E-state index is 12.7. The van der Waals surface area contributed by atoms with Crippen molar-refractivity contribution in [1.29, 1.82) is 0 Å². The van der Waals surface area contributed by atoms with Crippen LogP contribution in [0.5, 0.6) is 0 Å². The third kappa shape index (κ3) is 2.06. The number of aliphatic hydroxyl groups excluding tert-OH is 1. The van der Waals surface area contributed by atoms with Crippen LogP contribution in [0.25, 0.3) is 0 Å². The average molecular weight is 268 g/mol. The Labute approximate surface area is 116 Å². The molecule has 0 bridgehead atoms. The highest BCUT2D eigenvalue weighted by molar-refractivity contribution is 5.90. The average Bonchev–Trinajstić information content (AvgIpc) is 2.52. The molecule has 2 fully saturated rings. The van der Waals surface area contributed by atoms with Crippen molar-refractivity contribution >= 4 is 5.78 Å². The lowest BCUT2D eigenvalue weighted by Gasteiger charge is -2.44. The molecule has 5 unspecified atom stereocenters. The molecule has 0 heterocycles. The van der Waals surface area contributed by atoms with Gasteiger partial charge in [-0.2, -0.15) is 0 Å². The quantitative estimate of drug-likeness (QED) is 0.837. The zero-order valence-corrected chi connectivity index (χ0v) is 13.0. The normalized spacial score (nSPS) is 45.6. The van der Waals surface area contributed by atoms with Gasteiger partial charge in [0.1, 0.15) is 5.78 Å². The summed E-state index contributed by atoms with van der Waals surface area (Å²) < 4.78 is 5.61. The van der Waals surface area contributed by atoms with E-state index in [0.29, 0.717) is 11.8 Å². The molecule has 0 aromatic heterocycles. The van der Waals surface area contributed by atoms with Crippen molar-refractivity contribution in [2.45, 2.75) is 53.2 Å². The van der Waals surface area contributed by atoms with Crippen LogP contribution in [0.15, 0.2) is 0 Å². The number of hydrogen-bond donors (Lipinski definition) is 1. The highest BCUT2D eigenvalue weighted by atomic mass is 16.5. The second kappa shape index (κ2) is 4.85. The summed E-state index contributed by atoms with van der Waals surface area (Å²) in [5, 5.41) is 10.7. The van der Waals surface area contributed by atoms with Crippen molar-refractivity contribution in [2.24, 2.45) is 35.0 Å². The van der Waals surface area contributed by atoms with E-state index in [2.05, 4.69) is 20.8 Å². The number of rotatable bonds is 2. The first-order chi connectivity index (χ1) is 8.73. The summed E-state index contributed by atoms with van der Waals surface area (Å²) in [5.41, 5.74) is -0.612. The van der Waals surface area contributed by atoms with Gasteiger partial charge in [-0.05, 0) is 30.1 Å². The van der Waals surface area contributed by atoms with Crippen molar-refractivity contribution in [1.82, 2.24) is 0 Å². The summed E-state index contributed by atoms with van der Waals surface area (Å²) in [6.07, 6.45) is 0.577. The Kier molecular flexibility index (Phi) is 3.83. The fourth-order valence-corrected chi connectivity index (χ4v) is 4.42. The Bertz CT molecular complexity index is 361. The SMILES string of the molecule is COC1CC(C(C)C)C2C(C(=O)C(C)(C)[C@H]2O)C1C. The molecular weight excluding hydrogens is 240 g/mol. The molecule has 0 aromatic carbocycles. The fraction of sp³-hybridized carbons (Fsp3) is 0.938. The van der Waals surface area contributed by atoms with E-state index in [9.17, 15) is 9.90 Å². The van der Waals surface area contributed by atoms with E-state index in [4.69, 9.17) is 4.74 Å². The number of ether oxygens (including phenoxy) is 1. The maximum Gasteiger partial charge on any atom is 0.144 e. The molecule has 3 heteroatoms. The Balaban J connectivity index is 2.41. The van der Waals surface area contributed by atoms with Gasteiger partial charge in [0.15, 0.2) is 0 Å². The maximum absolute atomic E-state index is 12.7. The van der Waals surface area contributed by atoms with Crippen LogP contribution >= 0.6 is 0 Å². The number of carbonyl (C=O) groups excluding carboxylic acids is 1. The summed E-state index contributed by atoms with van der Waals surface area (Å²) in [4.78, 5) is 12.7. The van der Waals surface area contributed by atoms with E-state index in [0.717, 1.165) is 6.42 Å². The van der Waals surface area contributed by atoms with E-state index in [1.54, 1.807) is 7.11 Å². The lowest BCUT2D eigenvalue weighted by molar-refractivity contribution is -0.134. The predicted octanol–water partition coefficient (Wildman–Crippen LogP) is 2.52. The number of hydrogen-bond acceptors (Lipinski definition) is 3. The standard InChI is InChI=1S/C16H28O3/c1-8(2)10-7-11(19-6)9(3)12-13(10)15(18)16(4,5)14(12)17/h8-13,15,18H,7H2,1-6H3/t9?,10?,11?,12?,13?,15-/m0/s1. The first-order valence-electron chi connectivity index (χ1n) is 7.48. The van der Waals surface area contributed by atoms with Gasteiger partial charge in [-0.25, -0.2) is 0 Å². The smallest absolute Gasteiger partial charge is 0.144 e. The zero-order valence-electron chi connectivity index (χ0n) is 13.0. The molecule has 2 rings (SSSR count). The van der Waals surface area contributed by atoms with E-state index in [-0.39, 0.29) is 29.6 Å². The van der Waals surface area contributed by atoms with Crippen LogP contribution < -0.4 is 0 Å². The minimum absolute atomic E-state index is 0.0453. The van der Waals surface area contributed by atoms with Crippen LogP contribution in [0.1, 0.15) is 41.0 Å². The summed E-state index contributed by atoms with van der Waals surface area (Å²) in [5.74, 6) is 1.32. The van der Waals surface area contributed by atoms with E-state index in [1.165, 1.54) is 0 Å². The molecule has 19 heavy (non-hydrogen) atoms. The van der Waals surface area contributed by atoms with Crippen LogP contribution in [-0.4, -0.2) is 30.2 Å². The van der Waals surface area contributed by atoms with Crippen molar-refractivity contribution in [3.05, 3.63) is 0 Å². The second-order valence-corrected chi connectivity index (χ2v) is 7.41. The van der Waals surface area contributed by atoms with Gasteiger partial charge in [0.2, 0.25) is 0 Å². The van der Waals surface area contributed by atoms with Gasteiger partial charge in [-0.1, -0.05) is 34.6 Å². The van der Waals surface area contributed by atoms with Gasteiger partial charge >= 0.3 is 0 Å². The van der Waals surface area contributed by atoms with E-state index < -0.39 is 11.5 Å². The molecule has 1 N–H and O–H groups in total. The molecule has 0 saturated heterocycles. The van der Waals surface area contributed by atoms with Crippen molar-refractivity contribution in [3.63, 3.8) is 0 Å². The van der Waals surface area contributed by atoms with E-state index in [1.807, 2.05) is 13.8 Å². The summed E-state index contributed by atoms with van der Waals surface area (Å²) in [7, 11) is 1.74. The lowest BCUT2D eigenvalue weighted by atomic mass is 9.63. The van der Waals surface area contributed by atoms with Gasteiger partial charge in [-0.3, -0.25) is 4.79 Å². The topological polar surface area (TPSA) is 46.5 Å². The number of fused-ring (bicyclic) bond motifs is 1. The minimum Gasteiger partial charge on any atom is -0.392 e. The van der Waals surface area contributed by atoms with Crippen LogP contribution in [0.2, 0.25) is 0 Å². The highest BCUT2D eigenvalue weighted by Gasteiger charge is 2.61. The molecule has 0 amide bonds. The van der Waals surface area contributed by atoms with Gasteiger partial charge in [0.25, 0.3) is 0 Å². The third-order valence-corrected chi connectivity index (χ3v) is 5.77. The number of Topliss-reactive ketones (excluding diaryl/α,β-unsaturated/α-hetero) is 1. The largest absolute Gasteiger partial charge is 0.392 e. The molecule has 2 aliphatic rings. The van der Waals surface area contributed by atoms with Gasteiger partial charge in [0.05, 0.1) is 12.2 Å². The van der Waals surface area contributed by atoms with Crippen LogP contribution in [0.4, 0.5) is 0 Å². The molecule has 0 aliphatic heterocycles. The van der Waals surface area contributed by atoms with E-state index >= 15 is 0 Å². The number of ketones is 1. The highest BCUT2D eigenvalue weighted by Crippen LogP contribution is 2.55. The Hall–Kier alpha value is -0.410. The second-order valence-electron chi connectivity index (χ2n) is 7.41. The fourth-order valence-electron chi connectivity index (χ4n) is 4.42. The minimum atomic E-state index is -0.612. The predicted molar refractivity (Wildman–Crippen MR) is 74.7 cm³/mol. The Morgan fingerprint density at radius 3 is 2.42 bits per heavy atom. The van der Waals surface area contributed by atoms with Crippen molar-refractivity contribution < 1.29 is 14.6 Å².